The fourth-order valence-electron chi connectivity index (χ4n) is 4.27. The van der Waals surface area contributed by atoms with E-state index in [9.17, 15) is 18.5 Å². The Morgan fingerprint density at radius 2 is 1.77 bits per heavy atom. The highest BCUT2D eigenvalue weighted by Gasteiger charge is 2.24. The van der Waals surface area contributed by atoms with E-state index in [1.807, 2.05) is 24.3 Å². The molecule has 1 N–H and O–H groups in total. The molecule has 0 amide bonds. The van der Waals surface area contributed by atoms with E-state index < -0.39 is 10.1 Å². The van der Waals surface area contributed by atoms with Crippen molar-refractivity contribution < 1.29 is 36.7 Å². The number of nitrogens with zero attached hydrogens (tertiary/aromatic N) is 3. The average Bonchev–Trinajstić information content (AvgIpc) is 3.40. The van der Waals surface area contributed by atoms with Crippen molar-refractivity contribution in [1.82, 2.24) is 4.90 Å². The molecular weight excluding hydrogens is 558 g/mol. The number of methoxy groups -OCH3 is 2. The molecule has 0 bridgehead atoms. The number of anilines is 1. The van der Waals surface area contributed by atoms with Crippen LogP contribution in [0.25, 0.3) is 11.6 Å². The van der Waals surface area contributed by atoms with Gasteiger partial charge in [-0.15, -0.1) is 11.3 Å². The maximum atomic E-state index is 12.3. The summed E-state index contributed by atoms with van der Waals surface area (Å²) in [6.07, 6.45) is 4.21. The summed E-state index contributed by atoms with van der Waals surface area (Å²) in [7, 11) is -0.499. The third kappa shape index (κ3) is 10.1. The Kier molecular flexibility index (Phi) is 11.8. The van der Waals surface area contributed by atoms with Gasteiger partial charge in [-0.05, 0) is 42.0 Å². The highest BCUT2D eigenvalue weighted by atomic mass is 32.2. The zero-order valence-electron chi connectivity index (χ0n) is 22.9. The first-order valence-electron chi connectivity index (χ1n) is 12.7. The minimum Gasteiger partial charge on any atom is -0.493 e. The first kappa shape index (κ1) is 31.4. The molecule has 218 valence electrons. The van der Waals surface area contributed by atoms with E-state index in [1.165, 1.54) is 0 Å². The first-order valence-corrected chi connectivity index (χ1v) is 15.4. The predicted octanol–water partition coefficient (Wildman–Crippen LogP) is 3.18. The second kappa shape index (κ2) is 15.0. The largest absolute Gasteiger partial charge is 0.493 e. The predicted molar refractivity (Wildman–Crippen MR) is 153 cm³/mol. The summed E-state index contributed by atoms with van der Waals surface area (Å²) in [5.74, 6) is 1.07. The lowest BCUT2D eigenvalue weighted by Crippen LogP contribution is -2.42. The summed E-state index contributed by atoms with van der Waals surface area (Å²) >= 11 is 1.65. The second-order valence-electron chi connectivity index (χ2n) is 9.21. The summed E-state index contributed by atoms with van der Waals surface area (Å²) < 4.78 is 47.6. The number of morpholine rings is 1. The fourth-order valence-corrected chi connectivity index (χ4v) is 5.28. The maximum absolute atomic E-state index is 12.3. The number of rotatable bonds is 8. The topological polar surface area (TPSA) is 139 Å². The van der Waals surface area contributed by atoms with Crippen molar-refractivity contribution in [2.75, 3.05) is 71.3 Å². The van der Waals surface area contributed by atoms with Crippen LogP contribution in [0, 0.1) is 11.3 Å². The van der Waals surface area contributed by atoms with Gasteiger partial charge in [0.2, 0.25) is 0 Å². The molecule has 0 spiro atoms. The monoisotopic (exact) mass is 593 g/mol. The lowest BCUT2D eigenvalue weighted by atomic mass is 10.1. The molecule has 2 aromatic rings. The van der Waals surface area contributed by atoms with E-state index in [0.29, 0.717) is 43.1 Å². The molecule has 2 aliphatic heterocycles. The van der Waals surface area contributed by atoms with Crippen LogP contribution in [0.1, 0.15) is 23.3 Å². The molecule has 13 heteroatoms. The molecule has 40 heavy (non-hydrogen) atoms. The van der Waals surface area contributed by atoms with E-state index in [0.717, 1.165) is 54.5 Å². The van der Waals surface area contributed by atoms with E-state index in [4.69, 9.17) is 23.5 Å². The molecule has 1 aromatic heterocycles. The van der Waals surface area contributed by atoms with Crippen molar-refractivity contribution in [2.45, 2.75) is 18.9 Å². The van der Waals surface area contributed by atoms with E-state index in [-0.39, 0.29) is 12.1 Å². The molecular formula is C27H35N3O8S2. The Hall–Kier alpha value is -3.15. The molecule has 2 fully saturated rings. The number of carbonyl (C=O) groups excluding carboxylic acids is 1. The highest BCUT2D eigenvalue weighted by molar-refractivity contribution is 7.85. The smallest absolute Gasteiger partial charge is 0.320 e. The Bertz CT molecular complexity index is 1300. The SMILES string of the molecule is COc1ccc(C(C#N)=Cc2ccc(N3CCC(OC(=O)CN4CCOCC4)CC3)s2)cc1OC.CS(=O)(=O)O. The van der Waals surface area contributed by atoms with Crippen LogP contribution in [0.5, 0.6) is 11.5 Å². The van der Waals surface area contributed by atoms with Gasteiger partial charge in [0.05, 0.1) is 56.9 Å². The van der Waals surface area contributed by atoms with Gasteiger partial charge in [0.25, 0.3) is 10.1 Å². The minimum atomic E-state index is -3.67. The van der Waals surface area contributed by atoms with Crippen LogP contribution in [-0.2, 0) is 24.4 Å². The zero-order valence-corrected chi connectivity index (χ0v) is 24.5. The fraction of sp³-hybridized carbons (Fsp3) is 0.481. The lowest BCUT2D eigenvalue weighted by Gasteiger charge is -2.33. The first-order chi connectivity index (χ1) is 19.1. The minimum absolute atomic E-state index is 0.0330. The van der Waals surface area contributed by atoms with E-state index in [1.54, 1.807) is 31.6 Å². The van der Waals surface area contributed by atoms with Gasteiger partial charge in [0.15, 0.2) is 11.5 Å². The summed E-state index contributed by atoms with van der Waals surface area (Å²) in [6, 6.07) is 11.9. The Balaban J connectivity index is 0.000000810. The van der Waals surface area contributed by atoms with Crippen LogP contribution in [0.4, 0.5) is 5.00 Å². The third-order valence-electron chi connectivity index (χ3n) is 6.22. The molecule has 1 aromatic carbocycles. The molecule has 2 aliphatic rings. The molecule has 0 unspecified atom stereocenters. The Labute approximate surface area is 239 Å². The van der Waals surface area contributed by atoms with Gasteiger partial charge in [0.1, 0.15) is 6.10 Å². The molecule has 0 radical (unpaired) electrons. The quantitative estimate of drug-likeness (QED) is 0.274. The van der Waals surface area contributed by atoms with E-state index in [2.05, 4.69) is 21.9 Å². The van der Waals surface area contributed by atoms with Crippen molar-refractivity contribution in [3.8, 4) is 17.6 Å². The number of esters is 1. The van der Waals surface area contributed by atoms with Gasteiger partial charge < -0.3 is 23.8 Å². The molecule has 2 saturated heterocycles. The van der Waals surface area contributed by atoms with Crippen LogP contribution in [0.3, 0.4) is 0 Å². The molecule has 0 saturated carbocycles. The van der Waals surface area contributed by atoms with Crippen molar-refractivity contribution >= 4 is 44.1 Å². The summed E-state index contributed by atoms with van der Waals surface area (Å²) in [5.41, 5.74) is 1.34. The normalized spacial score (nSPS) is 16.9. The van der Waals surface area contributed by atoms with Crippen LogP contribution in [0.15, 0.2) is 30.3 Å². The zero-order chi connectivity index (χ0) is 29.1. The van der Waals surface area contributed by atoms with Crippen LogP contribution in [-0.4, -0.2) is 96.4 Å². The van der Waals surface area contributed by atoms with Crippen molar-refractivity contribution in [2.24, 2.45) is 0 Å². The van der Waals surface area contributed by atoms with Crippen LogP contribution in [0.2, 0.25) is 0 Å². The standard InChI is InChI=1S/C26H31N3O5S.CH4O3S/c1-31-23-5-3-19(16-24(23)32-2)20(17-27)15-22-4-6-25(35-22)29-9-7-21(8-10-29)34-26(30)18-28-11-13-33-14-12-28;1-5(2,3)4/h3-6,15-16,21H,7-14,18H2,1-2H3;1H3,(H,2,3,4). The molecule has 0 aliphatic carbocycles. The average molecular weight is 594 g/mol. The number of carbonyl (C=O) groups is 1. The summed E-state index contributed by atoms with van der Waals surface area (Å²) in [5, 5.41) is 10.9. The van der Waals surface area contributed by atoms with Gasteiger partial charge in [-0.3, -0.25) is 14.2 Å². The van der Waals surface area contributed by atoms with Crippen molar-refractivity contribution in [1.29, 1.82) is 5.26 Å². The second-order valence-corrected chi connectivity index (χ2v) is 11.8. The van der Waals surface area contributed by atoms with Crippen molar-refractivity contribution in [3.05, 3.63) is 40.8 Å². The van der Waals surface area contributed by atoms with Crippen molar-refractivity contribution in [3.63, 3.8) is 0 Å². The highest BCUT2D eigenvalue weighted by Crippen LogP contribution is 2.34. The maximum Gasteiger partial charge on any atom is 0.320 e. The lowest BCUT2D eigenvalue weighted by molar-refractivity contribution is -0.152. The number of hydrogen-bond donors (Lipinski definition) is 1. The van der Waals surface area contributed by atoms with Gasteiger partial charge >= 0.3 is 5.97 Å². The third-order valence-corrected chi connectivity index (χ3v) is 7.32. The molecule has 3 heterocycles. The number of hydrogen-bond acceptors (Lipinski definition) is 11. The molecule has 11 nitrogen and oxygen atoms in total. The number of nitriles is 1. The number of thiophene rings is 1. The summed E-state index contributed by atoms with van der Waals surface area (Å²) in [6.45, 7) is 4.91. The molecule has 4 rings (SSSR count). The number of ether oxygens (including phenoxy) is 4. The number of piperidine rings is 1. The van der Waals surface area contributed by atoms with E-state index >= 15 is 0 Å². The Morgan fingerprint density at radius 3 is 2.38 bits per heavy atom. The summed E-state index contributed by atoms with van der Waals surface area (Å²) in [4.78, 5) is 17.7. The number of benzene rings is 1. The van der Waals surface area contributed by atoms with Gasteiger partial charge in [-0.25, -0.2) is 0 Å². The molecule has 0 atom stereocenters. The van der Waals surface area contributed by atoms with Gasteiger partial charge in [-0.1, -0.05) is 0 Å². The number of allylic oxidation sites excluding steroid dienone is 1. The van der Waals surface area contributed by atoms with Gasteiger partial charge in [0, 0.05) is 43.9 Å². The van der Waals surface area contributed by atoms with Gasteiger partial charge in [-0.2, -0.15) is 13.7 Å². The van der Waals surface area contributed by atoms with Crippen LogP contribution >= 0.6 is 11.3 Å². The Morgan fingerprint density at radius 1 is 1.12 bits per heavy atom. The van der Waals surface area contributed by atoms with Crippen LogP contribution < -0.4 is 14.4 Å².